The third-order valence-electron chi connectivity index (χ3n) is 4.45. The van der Waals surface area contributed by atoms with E-state index in [0.29, 0.717) is 11.4 Å². The molecule has 3 aromatic rings. The Kier molecular flexibility index (Phi) is 6.27. The van der Waals surface area contributed by atoms with Gasteiger partial charge in [0.2, 0.25) is 0 Å². The number of hydrogen-bond donors (Lipinski definition) is 1. The van der Waals surface area contributed by atoms with E-state index >= 15 is 0 Å². The fraction of sp³-hybridized carbons (Fsp3) is 0.200. The van der Waals surface area contributed by atoms with Crippen molar-refractivity contribution in [3.05, 3.63) is 73.6 Å². The number of anilines is 1. The van der Waals surface area contributed by atoms with E-state index in [-0.39, 0.29) is 32.1 Å². The van der Waals surface area contributed by atoms with E-state index in [1.54, 1.807) is 25.6 Å². The van der Waals surface area contributed by atoms with Crippen LogP contribution in [-0.2, 0) is 11.8 Å². The van der Waals surface area contributed by atoms with Crippen LogP contribution in [-0.4, -0.2) is 21.4 Å². The van der Waals surface area contributed by atoms with Gasteiger partial charge in [-0.05, 0) is 32.0 Å². The van der Waals surface area contributed by atoms with Crippen molar-refractivity contribution >= 4 is 46.4 Å². The quantitative estimate of drug-likeness (QED) is 0.560. The van der Waals surface area contributed by atoms with Crippen LogP contribution in [0.5, 0.6) is 5.75 Å². The highest BCUT2D eigenvalue weighted by atomic mass is 35.5. The number of nitrogens with zero attached hydrogens (tertiary/aromatic N) is 2. The normalized spacial score (nSPS) is 11.9. The van der Waals surface area contributed by atoms with Crippen molar-refractivity contribution in [1.29, 1.82) is 0 Å². The largest absolute Gasteiger partial charge is 0.479 e. The van der Waals surface area contributed by atoms with Crippen LogP contribution in [0.3, 0.4) is 0 Å². The number of rotatable bonds is 5. The van der Waals surface area contributed by atoms with Crippen LogP contribution < -0.4 is 15.6 Å². The van der Waals surface area contributed by atoms with Crippen LogP contribution in [0.2, 0.25) is 15.1 Å². The summed E-state index contributed by atoms with van der Waals surface area (Å²) in [5.41, 5.74) is 1.13. The third-order valence-corrected chi connectivity index (χ3v) is 5.47. The van der Waals surface area contributed by atoms with E-state index in [1.165, 1.54) is 16.8 Å². The molecule has 3 rings (SSSR count). The van der Waals surface area contributed by atoms with Crippen molar-refractivity contribution in [2.75, 3.05) is 5.32 Å². The first kappa shape index (κ1) is 21.3. The predicted molar refractivity (Wildman–Crippen MR) is 116 cm³/mol. The highest BCUT2D eigenvalue weighted by Gasteiger charge is 2.22. The lowest BCUT2D eigenvalue weighted by Crippen LogP contribution is -2.32. The van der Waals surface area contributed by atoms with Crippen LogP contribution in [0.1, 0.15) is 12.6 Å². The molecule has 1 atom stereocenters. The average molecular weight is 455 g/mol. The van der Waals surface area contributed by atoms with E-state index < -0.39 is 12.0 Å². The maximum atomic E-state index is 12.9. The molecule has 0 radical (unpaired) electrons. The molecule has 29 heavy (non-hydrogen) atoms. The Morgan fingerprint density at radius 2 is 1.69 bits per heavy atom. The molecule has 2 aromatic carbocycles. The Hall–Kier alpha value is -2.41. The molecule has 0 aliphatic heterocycles. The fourth-order valence-electron chi connectivity index (χ4n) is 2.78. The zero-order chi connectivity index (χ0) is 21.3. The van der Waals surface area contributed by atoms with Crippen LogP contribution >= 0.6 is 34.8 Å². The molecule has 6 nitrogen and oxygen atoms in total. The number of ether oxygens (including phenoxy) is 1. The van der Waals surface area contributed by atoms with Gasteiger partial charge in [0.05, 0.1) is 26.4 Å². The summed E-state index contributed by atoms with van der Waals surface area (Å²) in [7, 11) is 1.74. The van der Waals surface area contributed by atoms with Crippen LogP contribution in [0.15, 0.2) is 47.3 Å². The highest BCUT2D eigenvalue weighted by molar-refractivity contribution is 6.43. The van der Waals surface area contributed by atoms with Gasteiger partial charge in [-0.3, -0.25) is 14.3 Å². The Labute approximate surface area is 182 Å². The molecule has 0 saturated heterocycles. The summed E-state index contributed by atoms with van der Waals surface area (Å²) in [4.78, 5) is 25.5. The van der Waals surface area contributed by atoms with E-state index in [1.807, 2.05) is 30.3 Å². The van der Waals surface area contributed by atoms with Crippen LogP contribution in [0, 0.1) is 6.92 Å². The molecule has 0 spiro atoms. The summed E-state index contributed by atoms with van der Waals surface area (Å²) in [6.45, 7) is 3.29. The number of hydrogen-bond acceptors (Lipinski definition) is 3. The lowest BCUT2D eigenvalue weighted by Gasteiger charge is -2.16. The van der Waals surface area contributed by atoms with E-state index in [0.717, 1.165) is 0 Å². The van der Waals surface area contributed by atoms with Crippen molar-refractivity contribution in [2.45, 2.75) is 20.0 Å². The minimum absolute atomic E-state index is 0.178. The van der Waals surface area contributed by atoms with Crippen molar-refractivity contribution in [3.8, 4) is 11.4 Å². The smallest absolute Gasteiger partial charge is 0.295 e. The van der Waals surface area contributed by atoms with E-state index in [9.17, 15) is 9.59 Å². The Morgan fingerprint density at radius 1 is 1.07 bits per heavy atom. The summed E-state index contributed by atoms with van der Waals surface area (Å²) >= 11 is 18.0. The fourth-order valence-corrected chi connectivity index (χ4v) is 3.36. The maximum Gasteiger partial charge on any atom is 0.295 e. The zero-order valence-corrected chi connectivity index (χ0v) is 18.1. The monoisotopic (exact) mass is 453 g/mol. The minimum Gasteiger partial charge on any atom is -0.479 e. The molecular formula is C20H18Cl3N3O3. The summed E-state index contributed by atoms with van der Waals surface area (Å²) in [5.74, 6) is -0.284. The van der Waals surface area contributed by atoms with Gasteiger partial charge < -0.3 is 10.1 Å². The summed E-state index contributed by atoms with van der Waals surface area (Å²) in [5, 5.41) is 3.41. The molecule has 1 amide bonds. The molecule has 1 heterocycles. The van der Waals surface area contributed by atoms with E-state index in [4.69, 9.17) is 39.5 Å². The number of amides is 1. The number of benzene rings is 2. The van der Waals surface area contributed by atoms with Crippen LogP contribution in [0.4, 0.5) is 5.69 Å². The van der Waals surface area contributed by atoms with Gasteiger partial charge in [-0.15, -0.1) is 0 Å². The SMILES string of the molecule is Cc1c(NC(=O)C(C)Oc2cc(Cl)c(Cl)cc2Cl)c(=O)n(-c2ccccc2)n1C. The van der Waals surface area contributed by atoms with Crippen molar-refractivity contribution in [2.24, 2.45) is 7.05 Å². The molecule has 0 bridgehead atoms. The first-order chi connectivity index (χ1) is 13.7. The van der Waals surface area contributed by atoms with Crippen molar-refractivity contribution in [3.63, 3.8) is 0 Å². The standard InChI is InChI=1S/C20H18Cl3N3O3/c1-11-18(20(28)26(25(11)3)13-7-5-4-6-8-13)24-19(27)12(2)29-17-10-15(22)14(21)9-16(17)23/h4-10,12H,1-3H3,(H,24,27). The first-order valence-corrected chi connectivity index (χ1v) is 9.80. The van der Waals surface area contributed by atoms with Gasteiger partial charge >= 0.3 is 0 Å². The average Bonchev–Trinajstić information content (AvgIpc) is 2.90. The molecule has 1 aromatic heterocycles. The summed E-state index contributed by atoms with van der Waals surface area (Å²) in [6.07, 6.45) is -0.936. The second kappa shape index (κ2) is 8.53. The summed E-state index contributed by atoms with van der Waals surface area (Å²) < 4.78 is 8.77. The number of para-hydroxylation sites is 1. The van der Waals surface area contributed by atoms with Gasteiger partial charge in [-0.1, -0.05) is 53.0 Å². The lowest BCUT2D eigenvalue weighted by molar-refractivity contribution is -0.122. The minimum atomic E-state index is -0.936. The van der Waals surface area contributed by atoms with Crippen LogP contribution in [0.25, 0.3) is 5.69 Å². The van der Waals surface area contributed by atoms with E-state index in [2.05, 4.69) is 5.32 Å². The molecular weight excluding hydrogens is 437 g/mol. The molecule has 1 N–H and O–H groups in total. The van der Waals surface area contributed by atoms with Gasteiger partial charge in [0.15, 0.2) is 6.10 Å². The predicted octanol–water partition coefficient (Wildman–Crippen LogP) is 4.85. The number of nitrogens with one attached hydrogen (secondary N) is 1. The first-order valence-electron chi connectivity index (χ1n) is 8.66. The molecule has 0 saturated carbocycles. The molecule has 0 aliphatic rings. The molecule has 1 unspecified atom stereocenters. The molecule has 9 heteroatoms. The maximum absolute atomic E-state index is 12.9. The van der Waals surface area contributed by atoms with Gasteiger partial charge in [-0.2, -0.15) is 0 Å². The molecule has 0 fully saturated rings. The lowest BCUT2D eigenvalue weighted by atomic mass is 10.3. The Morgan fingerprint density at radius 3 is 2.34 bits per heavy atom. The highest BCUT2D eigenvalue weighted by Crippen LogP contribution is 2.34. The second-order valence-electron chi connectivity index (χ2n) is 6.38. The topological polar surface area (TPSA) is 65.3 Å². The number of carbonyl (C=O) groups is 1. The second-order valence-corrected chi connectivity index (χ2v) is 7.60. The van der Waals surface area contributed by atoms with Gasteiger partial charge in [0, 0.05) is 13.1 Å². The van der Waals surface area contributed by atoms with Gasteiger partial charge in [0.25, 0.3) is 11.5 Å². The molecule has 152 valence electrons. The molecule has 0 aliphatic carbocycles. The van der Waals surface area contributed by atoms with Crippen molar-refractivity contribution in [1.82, 2.24) is 9.36 Å². The van der Waals surface area contributed by atoms with Crippen molar-refractivity contribution < 1.29 is 9.53 Å². The Bertz CT molecular complexity index is 1120. The third kappa shape index (κ3) is 4.29. The van der Waals surface area contributed by atoms with Gasteiger partial charge in [-0.25, -0.2) is 4.68 Å². The zero-order valence-electron chi connectivity index (χ0n) is 15.9. The number of aromatic nitrogens is 2. The number of halogens is 3. The summed E-state index contributed by atoms with van der Waals surface area (Å²) in [6, 6.07) is 12.0. The Balaban J connectivity index is 1.84. The van der Waals surface area contributed by atoms with Gasteiger partial charge in [0.1, 0.15) is 11.4 Å². The number of carbonyl (C=O) groups excluding carboxylic acids is 1.